The monoisotopic (exact) mass is 184 g/mol. The van der Waals surface area contributed by atoms with Crippen LogP contribution in [0.15, 0.2) is 12.2 Å². The molecule has 1 saturated heterocycles. The molecule has 0 aromatic rings. The van der Waals surface area contributed by atoms with Crippen LogP contribution in [0.1, 0.15) is 6.42 Å². The van der Waals surface area contributed by atoms with Crippen LogP contribution in [0.3, 0.4) is 0 Å². The maximum atomic E-state index is 5.49. The molecule has 1 atom stereocenters. The summed E-state index contributed by atoms with van der Waals surface area (Å²) in [6.07, 6.45) is 1.24. The van der Waals surface area contributed by atoms with E-state index in [0.29, 0.717) is 12.5 Å². The first-order valence-electron chi connectivity index (χ1n) is 4.84. The number of hydrogen-bond acceptors (Lipinski definition) is 3. The molecule has 1 fully saturated rings. The molecule has 1 aliphatic rings. The van der Waals surface area contributed by atoms with E-state index in [1.807, 2.05) is 0 Å². The van der Waals surface area contributed by atoms with Gasteiger partial charge in [0.2, 0.25) is 0 Å². The van der Waals surface area contributed by atoms with Gasteiger partial charge in [0.1, 0.15) is 0 Å². The van der Waals surface area contributed by atoms with Gasteiger partial charge in [0.05, 0.1) is 6.61 Å². The molecule has 0 aromatic heterocycles. The number of methoxy groups -OCH3 is 1. The van der Waals surface area contributed by atoms with Crippen molar-refractivity contribution in [1.82, 2.24) is 4.90 Å². The van der Waals surface area contributed by atoms with Gasteiger partial charge in [0, 0.05) is 26.7 Å². The molecular formula is C10H20N2O. The summed E-state index contributed by atoms with van der Waals surface area (Å²) in [7, 11) is 1.77. The van der Waals surface area contributed by atoms with Gasteiger partial charge in [-0.3, -0.25) is 4.90 Å². The molecule has 3 nitrogen and oxygen atoms in total. The Morgan fingerprint density at radius 3 is 3.08 bits per heavy atom. The lowest BCUT2D eigenvalue weighted by molar-refractivity contribution is 0.154. The van der Waals surface area contributed by atoms with Crippen LogP contribution in [0, 0.1) is 5.92 Å². The Labute approximate surface area is 80.5 Å². The lowest BCUT2D eigenvalue weighted by Gasteiger charge is -2.16. The third-order valence-corrected chi connectivity index (χ3v) is 2.51. The Balaban J connectivity index is 2.20. The zero-order chi connectivity index (χ0) is 9.68. The largest absolute Gasteiger partial charge is 0.384 e. The van der Waals surface area contributed by atoms with Crippen molar-refractivity contribution in [2.24, 2.45) is 11.7 Å². The zero-order valence-corrected chi connectivity index (χ0v) is 8.46. The second-order valence-electron chi connectivity index (χ2n) is 3.80. The van der Waals surface area contributed by atoms with E-state index in [1.54, 1.807) is 7.11 Å². The maximum Gasteiger partial charge on any atom is 0.0503 e. The molecule has 3 heteroatoms. The first-order valence-corrected chi connectivity index (χ1v) is 4.84. The molecule has 0 radical (unpaired) electrons. The van der Waals surface area contributed by atoms with E-state index in [1.165, 1.54) is 6.42 Å². The number of rotatable bonds is 5. The highest BCUT2D eigenvalue weighted by atomic mass is 16.5. The first-order chi connectivity index (χ1) is 6.26. The summed E-state index contributed by atoms with van der Waals surface area (Å²) >= 11 is 0. The Hall–Kier alpha value is -0.380. The van der Waals surface area contributed by atoms with E-state index in [0.717, 1.165) is 31.8 Å². The van der Waals surface area contributed by atoms with E-state index in [4.69, 9.17) is 10.5 Å². The van der Waals surface area contributed by atoms with Crippen LogP contribution >= 0.6 is 0 Å². The van der Waals surface area contributed by atoms with Crippen LogP contribution in [0.25, 0.3) is 0 Å². The van der Waals surface area contributed by atoms with Gasteiger partial charge >= 0.3 is 0 Å². The molecule has 1 heterocycles. The SMILES string of the molecule is C=C(CN)CN1CCC(COC)C1. The predicted octanol–water partition coefficient (Wildman–Crippen LogP) is 0.470. The van der Waals surface area contributed by atoms with E-state index in [-0.39, 0.29) is 0 Å². The summed E-state index contributed by atoms with van der Waals surface area (Å²) in [5.41, 5.74) is 6.62. The fourth-order valence-corrected chi connectivity index (χ4v) is 1.81. The van der Waals surface area contributed by atoms with Crippen LogP contribution in [0.5, 0.6) is 0 Å². The molecule has 1 aliphatic heterocycles. The van der Waals surface area contributed by atoms with Gasteiger partial charge < -0.3 is 10.5 Å². The quantitative estimate of drug-likeness (QED) is 0.631. The van der Waals surface area contributed by atoms with Crippen LogP contribution < -0.4 is 5.73 Å². The first kappa shape index (κ1) is 10.7. The zero-order valence-electron chi connectivity index (χ0n) is 8.46. The minimum absolute atomic E-state index is 0.603. The van der Waals surface area contributed by atoms with Crippen molar-refractivity contribution in [2.75, 3.05) is 39.9 Å². The molecule has 0 bridgehead atoms. The third-order valence-electron chi connectivity index (χ3n) is 2.51. The summed E-state index contributed by atoms with van der Waals surface area (Å²) in [6, 6.07) is 0. The van der Waals surface area contributed by atoms with Crippen LogP contribution in [0.2, 0.25) is 0 Å². The number of nitrogens with zero attached hydrogens (tertiary/aromatic N) is 1. The highest BCUT2D eigenvalue weighted by Crippen LogP contribution is 2.16. The van der Waals surface area contributed by atoms with Crippen molar-refractivity contribution in [1.29, 1.82) is 0 Å². The number of ether oxygens (including phenoxy) is 1. The molecule has 0 amide bonds. The molecule has 0 aliphatic carbocycles. The predicted molar refractivity (Wildman–Crippen MR) is 54.6 cm³/mol. The molecule has 76 valence electrons. The Bertz CT molecular complexity index is 170. The van der Waals surface area contributed by atoms with E-state index in [2.05, 4.69) is 11.5 Å². The average molecular weight is 184 g/mol. The van der Waals surface area contributed by atoms with Crippen molar-refractivity contribution in [2.45, 2.75) is 6.42 Å². The van der Waals surface area contributed by atoms with Crippen LogP contribution in [-0.2, 0) is 4.74 Å². The van der Waals surface area contributed by atoms with Gasteiger partial charge in [-0.05, 0) is 24.5 Å². The minimum Gasteiger partial charge on any atom is -0.384 e. The van der Waals surface area contributed by atoms with E-state index in [9.17, 15) is 0 Å². The van der Waals surface area contributed by atoms with Gasteiger partial charge in [-0.25, -0.2) is 0 Å². The molecule has 2 N–H and O–H groups in total. The number of hydrogen-bond donors (Lipinski definition) is 1. The number of likely N-dealkylation sites (tertiary alicyclic amines) is 1. The summed E-state index contributed by atoms with van der Waals surface area (Å²) in [5, 5.41) is 0. The minimum atomic E-state index is 0.603. The Kier molecular flexibility index (Phi) is 4.42. The molecule has 0 aromatic carbocycles. The average Bonchev–Trinajstić information content (AvgIpc) is 2.53. The second-order valence-corrected chi connectivity index (χ2v) is 3.80. The normalized spacial score (nSPS) is 23.7. The Morgan fingerprint density at radius 1 is 1.69 bits per heavy atom. The lowest BCUT2D eigenvalue weighted by Crippen LogP contribution is -2.26. The van der Waals surface area contributed by atoms with E-state index < -0.39 is 0 Å². The lowest BCUT2D eigenvalue weighted by atomic mass is 10.1. The van der Waals surface area contributed by atoms with Gasteiger partial charge in [0.15, 0.2) is 0 Å². The fraction of sp³-hybridized carbons (Fsp3) is 0.800. The highest BCUT2D eigenvalue weighted by molar-refractivity contribution is 4.99. The number of nitrogens with two attached hydrogens (primary N) is 1. The topological polar surface area (TPSA) is 38.5 Å². The van der Waals surface area contributed by atoms with Crippen molar-refractivity contribution in [3.05, 3.63) is 12.2 Å². The fourth-order valence-electron chi connectivity index (χ4n) is 1.81. The van der Waals surface area contributed by atoms with Gasteiger partial charge in [0.25, 0.3) is 0 Å². The highest BCUT2D eigenvalue weighted by Gasteiger charge is 2.21. The van der Waals surface area contributed by atoms with Crippen LogP contribution in [0.4, 0.5) is 0 Å². The van der Waals surface area contributed by atoms with Gasteiger partial charge in [-0.15, -0.1) is 0 Å². The molecule has 13 heavy (non-hydrogen) atoms. The van der Waals surface area contributed by atoms with Gasteiger partial charge in [-0.1, -0.05) is 6.58 Å². The van der Waals surface area contributed by atoms with Crippen LogP contribution in [-0.4, -0.2) is 44.8 Å². The standard InChI is InChI=1S/C10H20N2O/c1-9(5-11)6-12-4-3-10(7-12)8-13-2/h10H,1,3-8,11H2,2H3. The van der Waals surface area contributed by atoms with Crippen molar-refractivity contribution in [3.8, 4) is 0 Å². The van der Waals surface area contributed by atoms with Gasteiger partial charge in [-0.2, -0.15) is 0 Å². The van der Waals surface area contributed by atoms with E-state index >= 15 is 0 Å². The summed E-state index contributed by atoms with van der Waals surface area (Å²) < 4.78 is 5.13. The molecule has 0 spiro atoms. The third kappa shape index (κ3) is 3.46. The molecule has 0 saturated carbocycles. The summed E-state index contributed by atoms with van der Waals surface area (Å²) in [6.45, 7) is 8.64. The summed E-state index contributed by atoms with van der Waals surface area (Å²) in [5.74, 6) is 0.704. The van der Waals surface area contributed by atoms with Crippen molar-refractivity contribution in [3.63, 3.8) is 0 Å². The smallest absolute Gasteiger partial charge is 0.0503 e. The van der Waals surface area contributed by atoms with Crippen molar-refractivity contribution < 1.29 is 4.74 Å². The van der Waals surface area contributed by atoms with Crippen molar-refractivity contribution >= 4 is 0 Å². The molecule has 1 unspecified atom stereocenters. The molecule has 1 rings (SSSR count). The summed E-state index contributed by atoms with van der Waals surface area (Å²) in [4.78, 5) is 2.40. The Morgan fingerprint density at radius 2 is 2.46 bits per heavy atom. The maximum absolute atomic E-state index is 5.49. The molecular weight excluding hydrogens is 164 g/mol. The second kappa shape index (κ2) is 5.37.